The van der Waals surface area contributed by atoms with Gasteiger partial charge in [0.05, 0.1) is 0 Å². The van der Waals surface area contributed by atoms with Gasteiger partial charge in [-0.1, -0.05) is 42.5 Å². The first-order chi connectivity index (χ1) is 58.8. The summed E-state index contributed by atoms with van der Waals surface area (Å²) in [5, 5.41) is 4.94. The van der Waals surface area contributed by atoms with Crippen LogP contribution in [-0.2, 0) is 10.8 Å². The van der Waals surface area contributed by atoms with E-state index >= 15 is 0 Å². The van der Waals surface area contributed by atoms with Crippen molar-refractivity contribution in [1.29, 1.82) is 0 Å². The predicted molar refractivity (Wildman–Crippen MR) is 515 cm³/mol. The first-order valence-electron chi connectivity index (χ1n) is 41.9. The standard InChI is InChI=1S/C112H85B2N5Se/c1-111(2,3)78-62-56-74(57-63-78)87-44-26-30-52-97(87)119(98-53-31-27-45-88(98)75-58-64-79(65-59-75)112(4,5)6)86-70-104-110-106(71-86)120-105-73-101-95(72-96(105)114(110)94-51-29-33-55-100(94)117(104)84-66-60-77(61-67-84)108-91-48-24-22-46-89(91)107(76-34-12-7-13-35-76)90-47-23-25-49-92(90)108)113-93-50-28-32-54-99(93)116(82-40-18-10-19-41-82)102-68-85(69-103(109(102)113)118(101)83-42-20-11-21-43-83)115(80-36-14-8-15-37-80)81-38-16-9-17-39-81/h7-73H,1-6H3. The molecule has 4 heterocycles. The summed E-state index contributed by atoms with van der Waals surface area (Å²) in [5.74, 6) is 0. The van der Waals surface area contributed by atoms with E-state index in [2.05, 4.69) is 472 Å². The fourth-order valence-corrected chi connectivity index (χ4v) is 22.2. The third kappa shape index (κ3) is 12.1. The molecule has 0 N–H and O–H groups in total. The number of hydrogen-bond donors (Lipinski definition) is 0. The molecule has 0 spiro atoms. The Kier molecular flexibility index (Phi) is 17.6. The molecule has 0 aliphatic carbocycles. The van der Waals surface area contributed by atoms with Gasteiger partial charge in [-0.05, 0) is 5.56 Å². The van der Waals surface area contributed by atoms with Crippen LogP contribution in [-0.4, -0.2) is 28.4 Å². The van der Waals surface area contributed by atoms with E-state index in [9.17, 15) is 0 Å². The van der Waals surface area contributed by atoms with Crippen molar-refractivity contribution in [1.82, 2.24) is 0 Å². The monoisotopic (exact) mass is 1600 g/mol. The van der Waals surface area contributed by atoms with Crippen molar-refractivity contribution in [2.75, 3.05) is 24.5 Å². The summed E-state index contributed by atoms with van der Waals surface area (Å²) in [7, 11) is 0. The number of benzene rings is 18. The van der Waals surface area contributed by atoms with E-state index in [0.717, 1.165) is 90.5 Å². The van der Waals surface area contributed by atoms with Gasteiger partial charge in [-0.15, -0.1) is 0 Å². The van der Waals surface area contributed by atoms with Crippen molar-refractivity contribution in [2.24, 2.45) is 0 Å². The van der Waals surface area contributed by atoms with Crippen molar-refractivity contribution >= 4 is 177 Å². The number of anilines is 15. The molecule has 0 saturated carbocycles. The molecule has 8 heteroatoms. The summed E-state index contributed by atoms with van der Waals surface area (Å²) in [4.78, 5) is 12.8. The van der Waals surface area contributed by atoms with Crippen molar-refractivity contribution in [3.8, 4) is 44.5 Å². The van der Waals surface area contributed by atoms with Crippen molar-refractivity contribution < 1.29 is 0 Å². The average molecular weight is 1600 g/mol. The van der Waals surface area contributed by atoms with Gasteiger partial charge in [0.2, 0.25) is 0 Å². The van der Waals surface area contributed by atoms with E-state index in [-0.39, 0.29) is 39.2 Å². The summed E-state index contributed by atoms with van der Waals surface area (Å²) in [6.07, 6.45) is 0. The molecule has 0 bridgehead atoms. The summed E-state index contributed by atoms with van der Waals surface area (Å²) in [5.41, 5.74) is 36.7. The molecule has 0 atom stereocenters. The molecule has 570 valence electrons. The molecule has 22 rings (SSSR count). The first kappa shape index (κ1) is 72.6. The third-order valence-corrected chi connectivity index (χ3v) is 27.5. The predicted octanol–water partition coefficient (Wildman–Crippen LogP) is 24.5. The second-order valence-corrected chi connectivity index (χ2v) is 36.5. The van der Waals surface area contributed by atoms with Crippen LogP contribution in [0.5, 0.6) is 0 Å². The topological polar surface area (TPSA) is 16.2 Å². The van der Waals surface area contributed by atoms with E-state index in [4.69, 9.17) is 0 Å². The third-order valence-electron chi connectivity index (χ3n) is 25.1. The Morgan fingerprint density at radius 1 is 0.242 bits per heavy atom. The summed E-state index contributed by atoms with van der Waals surface area (Å²) in [6, 6.07) is 154. The van der Waals surface area contributed by atoms with E-state index < -0.39 is 0 Å². The molecule has 0 aromatic heterocycles. The van der Waals surface area contributed by atoms with Crippen molar-refractivity contribution in [2.45, 2.75) is 52.4 Å². The van der Waals surface area contributed by atoms with Crippen LogP contribution >= 0.6 is 0 Å². The molecule has 4 aliphatic heterocycles. The fourth-order valence-electron chi connectivity index (χ4n) is 19.6. The molecule has 120 heavy (non-hydrogen) atoms. The number of fused-ring (bicyclic) bond motifs is 10. The van der Waals surface area contributed by atoms with Gasteiger partial charge in [0.15, 0.2) is 0 Å². The Labute approximate surface area is 710 Å². The van der Waals surface area contributed by atoms with Gasteiger partial charge in [-0.3, -0.25) is 0 Å². The first-order valence-corrected chi connectivity index (χ1v) is 43.7. The Bertz CT molecular complexity index is 6830. The number of para-hydroxylation sites is 8. The maximum atomic E-state index is 2.70. The number of hydrogen-bond acceptors (Lipinski definition) is 5. The SMILES string of the molecule is CC(C)(C)c1ccc(-c2ccccc2N(c2cc3c4c(c2)N(c2ccc(-c5c6ccccc6c(-c6ccccc6)c6ccccc56)cc2)c2ccccc2B4c2cc4c(cc2[Se]3)N(c2ccccc2)c2cc(N(c3ccccc3)c3ccccc3)cc3c2B4c2ccccc2N3c2ccccc2)c2ccccc2-c2ccc(C(C)(C)C)cc2)cc1. The molecule has 4 aliphatic rings. The molecule has 0 radical (unpaired) electrons. The van der Waals surface area contributed by atoms with E-state index in [1.807, 2.05) is 0 Å². The molecule has 18 aromatic rings. The van der Waals surface area contributed by atoms with Gasteiger partial charge in [0.1, 0.15) is 0 Å². The van der Waals surface area contributed by atoms with Crippen LogP contribution in [0.25, 0.3) is 66.1 Å². The van der Waals surface area contributed by atoms with E-state index in [0.29, 0.717) is 0 Å². The van der Waals surface area contributed by atoms with Crippen molar-refractivity contribution in [3.63, 3.8) is 0 Å². The van der Waals surface area contributed by atoms with E-state index in [1.54, 1.807) is 0 Å². The number of nitrogens with zero attached hydrogens (tertiary/aromatic N) is 5. The summed E-state index contributed by atoms with van der Waals surface area (Å²) < 4.78 is 2.71. The Morgan fingerprint density at radius 3 is 1.07 bits per heavy atom. The van der Waals surface area contributed by atoms with Crippen LogP contribution in [0, 0.1) is 0 Å². The molecule has 0 fully saturated rings. The Morgan fingerprint density at radius 2 is 0.600 bits per heavy atom. The molecule has 5 nitrogen and oxygen atoms in total. The van der Waals surface area contributed by atoms with Crippen LogP contribution in [0.3, 0.4) is 0 Å². The zero-order valence-electron chi connectivity index (χ0n) is 68.0. The normalized spacial score (nSPS) is 13.0. The van der Waals surface area contributed by atoms with Crippen LogP contribution < -0.4 is 66.2 Å². The molecule has 0 amide bonds. The second-order valence-electron chi connectivity index (χ2n) is 34.3. The van der Waals surface area contributed by atoms with Crippen LogP contribution in [0.15, 0.2) is 406 Å². The molecule has 18 aromatic carbocycles. The summed E-state index contributed by atoms with van der Waals surface area (Å²) in [6.45, 7) is 13.5. The molecular formula is C112H85B2N5Se. The van der Waals surface area contributed by atoms with Gasteiger partial charge >= 0.3 is 668 Å². The van der Waals surface area contributed by atoms with Gasteiger partial charge < -0.3 is 0 Å². The van der Waals surface area contributed by atoms with Gasteiger partial charge in [0, 0.05) is 0 Å². The summed E-state index contributed by atoms with van der Waals surface area (Å²) >= 11 is -0.269. The second kappa shape index (κ2) is 29.0. The van der Waals surface area contributed by atoms with Gasteiger partial charge in [-0.2, -0.15) is 0 Å². The number of rotatable bonds is 13. The van der Waals surface area contributed by atoms with Crippen LogP contribution in [0.4, 0.5) is 85.3 Å². The quantitative estimate of drug-likeness (QED) is 0.0842. The zero-order valence-corrected chi connectivity index (χ0v) is 69.7. The molecule has 0 saturated heterocycles. The Hall–Kier alpha value is -13.9. The van der Waals surface area contributed by atoms with E-state index in [1.165, 1.54) is 114 Å². The molecular weight excluding hydrogens is 1520 g/mol. The average Bonchev–Trinajstić information content (AvgIpc) is 0.686. The minimum absolute atomic E-state index is 0.0223. The van der Waals surface area contributed by atoms with Gasteiger partial charge in [-0.25, -0.2) is 0 Å². The fraction of sp³-hybridized carbons (Fsp3) is 0.0714. The molecule has 0 unspecified atom stereocenters. The Balaban J connectivity index is 0.802. The maximum absolute atomic E-state index is 2.70. The minimum atomic E-state index is -0.269. The van der Waals surface area contributed by atoms with Crippen molar-refractivity contribution in [3.05, 3.63) is 418 Å². The van der Waals surface area contributed by atoms with Crippen LogP contribution in [0.1, 0.15) is 52.7 Å². The van der Waals surface area contributed by atoms with Crippen LogP contribution in [0.2, 0.25) is 0 Å². The zero-order chi connectivity index (χ0) is 80.5. The van der Waals surface area contributed by atoms with Gasteiger partial charge in [0.25, 0.3) is 0 Å².